The first-order valence-electron chi connectivity index (χ1n) is 8.46. The Morgan fingerprint density at radius 3 is 2.65 bits per heavy atom. The van der Waals surface area contributed by atoms with Gasteiger partial charge in [-0.3, -0.25) is 4.79 Å². The third-order valence-corrected chi connectivity index (χ3v) is 5.00. The molecule has 1 heterocycles. The topological polar surface area (TPSA) is 102 Å². The zero-order chi connectivity index (χ0) is 18.8. The maximum Gasteiger partial charge on any atom is 0.257 e. The zero-order valence-corrected chi connectivity index (χ0v) is 15.5. The molecule has 0 saturated carbocycles. The Morgan fingerprint density at radius 2 is 2.00 bits per heavy atom. The summed E-state index contributed by atoms with van der Waals surface area (Å²) in [5.41, 5.74) is 0. The van der Waals surface area contributed by atoms with E-state index in [1.165, 1.54) is 24.3 Å². The third-order valence-electron chi connectivity index (χ3n) is 3.52. The number of nitrogens with zero attached hydrogens (tertiary/aromatic N) is 2. The standard InChI is InChI=1S/C17H24N4O4S/c1-2-8-20-26(23,24)16-6-4-15(5-7-16)25-13-17(22)19-9-3-11-21-12-10-18-14-21/h4-7,10,12,14,20H,2-3,8-9,11,13H2,1H3,(H,19,22). The lowest BCUT2D eigenvalue weighted by atomic mass is 10.3. The fourth-order valence-corrected chi connectivity index (χ4v) is 3.28. The van der Waals surface area contributed by atoms with Gasteiger partial charge in [0.15, 0.2) is 6.61 Å². The monoisotopic (exact) mass is 380 g/mol. The van der Waals surface area contributed by atoms with Gasteiger partial charge in [0.25, 0.3) is 5.91 Å². The predicted molar refractivity (Wildman–Crippen MR) is 97.3 cm³/mol. The molecule has 0 radical (unpaired) electrons. The molecular weight excluding hydrogens is 356 g/mol. The largest absolute Gasteiger partial charge is 0.484 e. The van der Waals surface area contributed by atoms with Crippen LogP contribution in [0.1, 0.15) is 19.8 Å². The van der Waals surface area contributed by atoms with Crippen molar-refractivity contribution >= 4 is 15.9 Å². The van der Waals surface area contributed by atoms with Crippen LogP contribution in [0.15, 0.2) is 47.9 Å². The van der Waals surface area contributed by atoms with Crippen LogP contribution in [0.3, 0.4) is 0 Å². The second-order valence-corrected chi connectivity index (χ2v) is 7.43. The molecule has 26 heavy (non-hydrogen) atoms. The average molecular weight is 380 g/mol. The first-order valence-corrected chi connectivity index (χ1v) is 9.94. The first-order chi connectivity index (χ1) is 12.5. The van der Waals surface area contributed by atoms with E-state index in [0.29, 0.717) is 18.8 Å². The summed E-state index contributed by atoms with van der Waals surface area (Å²) in [4.78, 5) is 15.9. The van der Waals surface area contributed by atoms with Crippen LogP contribution in [0.5, 0.6) is 5.75 Å². The predicted octanol–water partition coefficient (Wildman–Crippen LogP) is 1.16. The van der Waals surface area contributed by atoms with Crippen molar-refractivity contribution < 1.29 is 17.9 Å². The molecule has 0 saturated heterocycles. The summed E-state index contributed by atoms with van der Waals surface area (Å²) < 4.78 is 33.8. The van der Waals surface area contributed by atoms with Crippen molar-refractivity contribution in [2.75, 3.05) is 19.7 Å². The van der Waals surface area contributed by atoms with Gasteiger partial charge in [-0.2, -0.15) is 0 Å². The molecule has 0 bridgehead atoms. The minimum absolute atomic E-state index is 0.120. The second-order valence-electron chi connectivity index (χ2n) is 5.66. The minimum Gasteiger partial charge on any atom is -0.484 e. The van der Waals surface area contributed by atoms with Gasteiger partial charge in [-0.05, 0) is 37.1 Å². The Morgan fingerprint density at radius 1 is 1.23 bits per heavy atom. The minimum atomic E-state index is -3.50. The molecule has 0 atom stereocenters. The van der Waals surface area contributed by atoms with Crippen LogP contribution < -0.4 is 14.8 Å². The van der Waals surface area contributed by atoms with Crippen molar-refractivity contribution in [1.82, 2.24) is 19.6 Å². The number of benzene rings is 1. The molecule has 1 amide bonds. The number of aromatic nitrogens is 2. The first kappa shape index (κ1) is 19.9. The van der Waals surface area contributed by atoms with E-state index in [9.17, 15) is 13.2 Å². The summed E-state index contributed by atoms with van der Waals surface area (Å²) in [6, 6.07) is 5.98. The van der Waals surface area contributed by atoms with Gasteiger partial charge in [0, 0.05) is 32.0 Å². The Labute approximate surface area is 153 Å². The van der Waals surface area contributed by atoms with E-state index in [1.54, 1.807) is 12.5 Å². The molecule has 8 nitrogen and oxygen atoms in total. The molecule has 0 aliphatic carbocycles. The van der Waals surface area contributed by atoms with Gasteiger partial charge >= 0.3 is 0 Å². The van der Waals surface area contributed by atoms with Crippen molar-refractivity contribution in [1.29, 1.82) is 0 Å². The maximum atomic E-state index is 12.0. The Bertz CT molecular complexity index is 774. The summed E-state index contributed by atoms with van der Waals surface area (Å²) in [5, 5.41) is 2.77. The van der Waals surface area contributed by atoms with Crippen molar-refractivity contribution in [3.05, 3.63) is 43.0 Å². The van der Waals surface area contributed by atoms with Crippen LogP contribution in [0, 0.1) is 0 Å². The molecule has 0 fully saturated rings. The van der Waals surface area contributed by atoms with E-state index in [2.05, 4.69) is 15.0 Å². The summed E-state index contributed by atoms with van der Waals surface area (Å²) in [7, 11) is -3.50. The Kier molecular flexibility index (Phi) is 7.61. The number of rotatable bonds is 11. The number of aryl methyl sites for hydroxylation is 1. The van der Waals surface area contributed by atoms with Crippen molar-refractivity contribution in [3.8, 4) is 5.75 Å². The molecule has 1 aromatic carbocycles. The fourth-order valence-electron chi connectivity index (χ4n) is 2.14. The summed E-state index contributed by atoms with van der Waals surface area (Å²) >= 11 is 0. The normalized spacial score (nSPS) is 11.3. The van der Waals surface area contributed by atoms with Gasteiger partial charge in [-0.15, -0.1) is 0 Å². The summed E-state index contributed by atoms with van der Waals surface area (Å²) in [5.74, 6) is 0.213. The number of ether oxygens (including phenoxy) is 1. The Hall–Kier alpha value is -2.39. The molecule has 0 spiro atoms. The lowest BCUT2D eigenvalue weighted by Crippen LogP contribution is -2.30. The molecule has 0 aliphatic heterocycles. The number of imidazole rings is 1. The van der Waals surface area contributed by atoms with Crippen LogP contribution in [-0.2, 0) is 21.4 Å². The van der Waals surface area contributed by atoms with E-state index in [4.69, 9.17) is 4.74 Å². The van der Waals surface area contributed by atoms with E-state index >= 15 is 0 Å². The van der Waals surface area contributed by atoms with Crippen LogP contribution in [0.2, 0.25) is 0 Å². The van der Waals surface area contributed by atoms with Crippen molar-refractivity contribution in [2.45, 2.75) is 31.2 Å². The lowest BCUT2D eigenvalue weighted by molar-refractivity contribution is -0.123. The SMILES string of the molecule is CCCNS(=O)(=O)c1ccc(OCC(=O)NCCCn2ccnc2)cc1. The lowest BCUT2D eigenvalue weighted by Gasteiger charge is -2.09. The summed E-state index contributed by atoms with van der Waals surface area (Å²) in [6.45, 7) is 3.48. The van der Waals surface area contributed by atoms with Crippen molar-refractivity contribution in [3.63, 3.8) is 0 Å². The van der Waals surface area contributed by atoms with E-state index < -0.39 is 10.0 Å². The van der Waals surface area contributed by atoms with Gasteiger partial charge < -0.3 is 14.6 Å². The number of hydrogen-bond acceptors (Lipinski definition) is 5. The van der Waals surface area contributed by atoms with Crippen LogP contribution in [0.25, 0.3) is 0 Å². The number of sulfonamides is 1. The molecule has 9 heteroatoms. The van der Waals surface area contributed by atoms with E-state index in [1.807, 2.05) is 17.7 Å². The van der Waals surface area contributed by atoms with E-state index in [0.717, 1.165) is 19.4 Å². The van der Waals surface area contributed by atoms with Gasteiger partial charge in [0.05, 0.1) is 11.2 Å². The molecule has 1 aromatic heterocycles. The summed E-state index contributed by atoms with van der Waals surface area (Å²) in [6.07, 6.45) is 6.82. The number of nitrogens with one attached hydrogen (secondary N) is 2. The maximum absolute atomic E-state index is 12.0. The molecular formula is C17H24N4O4S. The molecule has 2 rings (SSSR count). The number of amides is 1. The van der Waals surface area contributed by atoms with Crippen molar-refractivity contribution in [2.24, 2.45) is 0 Å². The zero-order valence-electron chi connectivity index (χ0n) is 14.7. The Balaban J connectivity index is 1.70. The fraction of sp³-hybridized carbons (Fsp3) is 0.412. The van der Waals surface area contributed by atoms with Crippen LogP contribution in [0.4, 0.5) is 0 Å². The molecule has 142 valence electrons. The molecule has 0 aliphatic rings. The van der Waals surface area contributed by atoms with E-state index in [-0.39, 0.29) is 17.4 Å². The molecule has 2 N–H and O–H groups in total. The second kappa shape index (κ2) is 9.93. The smallest absolute Gasteiger partial charge is 0.257 e. The highest BCUT2D eigenvalue weighted by Crippen LogP contribution is 2.15. The van der Waals surface area contributed by atoms with Gasteiger partial charge in [0.1, 0.15) is 5.75 Å². The number of hydrogen-bond donors (Lipinski definition) is 2. The number of carbonyl (C=O) groups is 1. The van der Waals surface area contributed by atoms with Crippen LogP contribution in [-0.4, -0.2) is 43.6 Å². The highest BCUT2D eigenvalue weighted by Gasteiger charge is 2.12. The molecule has 0 unspecified atom stereocenters. The highest BCUT2D eigenvalue weighted by molar-refractivity contribution is 7.89. The average Bonchev–Trinajstić information content (AvgIpc) is 3.16. The third kappa shape index (κ3) is 6.49. The van der Waals surface area contributed by atoms with Gasteiger partial charge in [-0.25, -0.2) is 18.1 Å². The highest BCUT2D eigenvalue weighted by atomic mass is 32.2. The number of carbonyl (C=O) groups excluding carboxylic acids is 1. The molecule has 2 aromatic rings. The quantitative estimate of drug-likeness (QED) is 0.570. The van der Waals surface area contributed by atoms with Crippen LogP contribution >= 0.6 is 0 Å². The van der Waals surface area contributed by atoms with Gasteiger partial charge in [-0.1, -0.05) is 6.92 Å². The van der Waals surface area contributed by atoms with Gasteiger partial charge in [0.2, 0.25) is 10.0 Å².